The second-order valence-corrected chi connectivity index (χ2v) is 6.62. The zero-order valence-corrected chi connectivity index (χ0v) is 16.1. The Hall–Kier alpha value is -2.32. The molecule has 150 valence electrons. The first-order valence-electron chi connectivity index (χ1n) is 7.94. The van der Waals surface area contributed by atoms with Crippen LogP contribution in [0.25, 0.3) is 0 Å². The number of hydrogen-bond acceptors (Lipinski definition) is 11. The Morgan fingerprint density at radius 2 is 1.41 bits per heavy atom. The summed E-state index contributed by atoms with van der Waals surface area (Å²) < 4.78 is 26.4. The highest BCUT2D eigenvalue weighted by atomic mass is 32.2. The Bertz CT molecular complexity index is 618. The molecule has 0 spiro atoms. The summed E-state index contributed by atoms with van der Waals surface area (Å²) in [5, 5.41) is 8.83. The molecule has 0 bridgehead atoms. The smallest absolute Gasteiger partial charge is 0.303 e. The fourth-order valence-corrected chi connectivity index (χ4v) is 3.30. The van der Waals surface area contributed by atoms with Crippen LogP contribution in [0.2, 0.25) is 0 Å². The van der Waals surface area contributed by atoms with Gasteiger partial charge in [-0.15, -0.1) is 11.8 Å². The van der Waals surface area contributed by atoms with Gasteiger partial charge in [0.2, 0.25) is 0 Å². The highest BCUT2D eigenvalue weighted by Gasteiger charge is 2.52. The molecule has 0 amide bonds. The molecule has 0 radical (unpaired) electrons. The number of ether oxygens (including phenoxy) is 5. The minimum atomic E-state index is -1.21. The van der Waals surface area contributed by atoms with Crippen LogP contribution in [0.5, 0.6) is 0 Å². The molecule has 1 fully saturated rings. The molecule has 0 aromatic carbocycles. The maximum atomic E-state index is 11.6. The van der Waals surface area contributed by atoms with Crippen LogP contribution in [0, 0.1) is 11.3 Å². The summed E-state index contributed by atoms with van der Waals surface area (Å²) in [6, 6.07) is 1.92. The molecule has 1 rings (SSSR count). The SMILES string of the molecule is CC(=O)OC[C@@H]1O[C@H](SCC#N)[C@H](OC(C)=O)[C@@H](OC(C)=O)[C@H]1OC(C)=O. The summed E-state index contributed by atoms with van der Waals surface area (Å²) in [7, 11) is 0. The first kappa shape index (κ1) is 22.7. The topological polar surface area (TPSA) is 138 Å². The van der Waals surface area contributed by atoms with Crippen molar-refractivity contribution in [2.75, 3.05) is 12.4 Å². The van der Waals surface area contributed by atoms with Gasteiger partial charge in [-0.3, -0.25) is 19.2 Å². The predicted molar refractivity (Wildman–Crippen MR) is 90.0 cm³/mol. The van der Waals surface area contributed by atoms with E-state index in [1.807, 2.05) is 6.07 Å². The molecule has 5 atom stereocenters. The molecular formula is C16H21NO9S. The number of hydrogen-bond donors (Lipinski definition) is 0. The average molecular weight is 403 g/mol. The van der Waals surface area contributed by atoms with Crippen LogP contribution in [-0.2, 0) is 42.9 Å². The predicted octanol–water partition coefficient (Wildman–Crippen LogP) is 0.326. The van der Waals surface area contributed by atoms with Gasteiger partial charge in [0.25, 0.3) is 0 Å². The third kappa shape index (κ3) is 7.44. The minimum Gasteiger partial charge on any atom is -0.463 e. The van der Waals surface area contributed by atoms with Crippen LogP contribution in [0.3, 0.4) is 0 Å². The van der Waals surface area contributed by atoms with Crippen LogP contribution in [0.1, 0.15) is 27.7 Å². The molecule has 0 unspecified atom stereocenters. The Morgan fingerprint density at radius 1 is 0.889 bits per heavy atom. The van der Waals surface area contributed by atoms with Crippen molar-refractivity contribution in [3.8, 4) is 6.07 Å². The van der Waals surface area contributed by atoms with Crippen molar-refractivity contribution in [1.82, 2.24) is 0 Å². The third-order valence-corrected chi connectivity index (χ3v) is 4.26. The van der Waals surface area contributed by atoms with Gasteiger partial charge >= 0.3 is 23.9 Å². The maximum absolute atomic E-state index is 11.6. The van der Waals surface area contributed by atoms with E-state index in [1.165, 1.54) is 6.92 Å². The molecule has 0 aromatic rings. The highest BCUT2D eigenvalue weighted by Crippen LogP contribution is 2.34. The number of nitrogens with zero attached hydrogens (tertiary/aromatic N) is 1. The fraction of sp³-hybridized carbons (Fsp3) is 0.688. The molecule has 0 saturated carbocycles. The number of rotatable bonds is 7. The zero-order chi connectivity index (χ0) is 20.6. The first-order valence-corrected chi connectivity index (χ1v) is 8.99. The van der Waals surface area contributed by atoms with E-state index >= 15 is 0 Å². The standard InChI is InChI=1S/C16H21NO9S/c1-8(18)22-7-12-13(23-9(2)19)14(24-10(3)20)15(25-11(4)21)16(26-12)27-6-5-17/h12-16H,6-7H2,1-4H3/t12-,13-,14-,15+,16+/m0/s1. The first-order chi connectivity index (χ1) is 12.6. The molecule has 1 aliphatic rings. The molecule has 11 heteroatoms. The van der Waals surface area contributed by atoms with Gasteiger partial charge in [0.05, 0.1) is 11.8 Å². The molecule has 0 aromatic heterocycles. The van der Waals surface area contributed by atoms with Gasteiger partial charge in [0.1, 0.15) is 18.1 Å². The summed E-state index contributed by atoms with van der Waals surface area (Å²) in [6.07, 6.45) is -4.53. The lowest BCUT2D eigenvalue weighted by atomic mass is 9.99. The number of esters is 4. The van der Waals surface area contributed by atoms with Gasteiger partial charge in [0, 0.05) is 27.7 Å². The van der Waals surface area contributed by atoms with Crippen molar-refractivity contribution in [3.05, 3.63) is 0 Å². The number of carbonyl (C=O) groups excluding carboxylic acids is 4. The lowest BCUT2D eigenvalue weighted by Crippen LogP contribution is -2.61. The highest BCUT2D eigenvalue weighted by molar-refractivity contribution is 8.00. The summed E-state index contributed by atoms with van der Waals surface area (Å²) in [4.78, 5) is 45.8. The maximum Gasteiger partial charge on any atom is 0.303 e. The van der Waals surface area contributed by atoms with Gasteiger partial charge in [-0.2, -0.15) is 5.26 Å². The molecule has 1 aliphatic heterocycles. The summed E-state index contributed by atoms with van der Waals surface area (Å²) >= 11 is 1.00. The zero-order valence-electron chi connectivity index (χ0n) is 15.3. The second-order valence-electron chi connectivity index (χ2n) is 5.54. The fourth-order valence-electron chi connectivity index (χ4n) is 2.44. The number of carbonyl (C=O) groups is 4. The van der Waals surface area contributed by atoms with Crippen molar-refractivity contribution in [2.24, 2.45) is 0 Å². The molecule has 10 nitrogen and oxygen atoms in total. The van der Waals surface area contributed by atoms with Gasteiger partial charge in [0.15, 0.2) is 18.3 Å². The lowest BCUT2D eigenvalue weighted by molar-refractivity contribution is -0.237. The van der Waals surface area contributed by atoms with Crippen molar-refractivity contribution >= 4 is 35.6 Å². The van der Waals surface area contributed by atoms with Crippen LogP contribution in [0.4, 0.5) is 0 Å². The normalized spacial score (nSPS) is 27.0. The van der Waals surface area contributed by atoms with Gasteiger partial charge in [-0.25, -0.2) is 0 Å². The van der Waals surface area contributed by atoms with E-state index in [4.69, 9.17) is 28.9 Å². The molecule has 0 aliphatic carbocycles. The van der Waals surface area contributed by atoms with E-state index in [-0.39, 0.29) is 12.4 Å². The van der Waals surface area contributed by atoms with E-state index < -0.39 is 53.7 Å². The Kier molecular flexibility index (Phi) is 9.04. The quantitative estimate of drug-likeness (QED) is 0.429. The Morgan fingerprint density at radius 3 is 1.89 bits per heavy atom. The molecule has 1 heterocycles. The van der Waals surface area contributed by atoms with Gasteiger partial charge in [-0.05, 0) is 0 Å². The van der Waals surface area contributed by atoms with E-state index in [1.54, 1.807) is 0 Å². The van der Waals surface area contributed by atoms with Gasteiger partial charge in [-0.1, -0.05) is 0 Å². The van der Waals surface area contributed by atoms with E-state index in [2.05, 4.69) is 0 Å². The largest absolute Gasteiger partial charge is 0.463 e. The third-order valence-electron chi connectivity index (χ3n) is 3.26. The lowest BCUT2D eigenvalue weighted by Gasteiger charge is -2.44. The summed E-state index contributed by atoms with van der Waals surface area (Å²) in [5.74, 6) is -2.67. The Balaban J connectivity index is 3.25. The van der Waals surface area contributed by atoms with E-state index in [0.717, 1.165) is 32.5 Å². The number of thioether (sulfide) groups is 1. The van der Waals surface area contributed by atoms with Crippen LogP contribution in [0.15, 0.2) is 0 Å². The van der Waals surface area contributed by atoms with Crippen molar-refractivity contribution in [2.45, 2.75) is 57.5 Å². The van der Waals surface area contributed by atoms with Crippen molar-refractivity contribution in [3.63, 3.8) is 0 Å². The molecule has 0 N–H and O–H groups in total. The summed E-state index contributed by atoms with van der Waals surface area (Å²) in [6.45, 7) is 4.34. The monoisotopic (exact) mass is 403 g/mol. The number of nitriles is 1. The van der Waals surface area contributed by atoms with Crippen LogP contribution in [-0.4, -0.2) is 66.1 Å². The average Bonchev–Trinajstić information content (AvgIpc) is 2.54. The molecule has 1 saturated heterocycles. The van der Waals surface area contributed by atoms with Crippen molar-refractivity contribution < 1.29 is 42.9 Å². The minimum absolute atomic E-state index is 0.00621. The van der Waals surface area contributed by atoms with E-state index in [9.17, 15) is 19.2 Å². The van der Waals surface area contributed by atoms with Crippen molar-refractivity contribution in [1.29, 1.82) is 5.26 Å². The molecule has 27 heavy (non-hydrogen) atoms. The van der Waals surface area contributed by atoms with Crippen LogP contribution >= 0.6 is 11.8 Å². The molecular weight excluding hydrogens is 382 g/mol. The van der Waals surface area contributed by atoms with Gasteiger partial charge < -0.3 is 23.7 Å². The Labute approximate surface area is 160 Å². The van der Waals surface area contributed by atoms with E-state index in [0.29, 0.717) is 0 Å². The summed E-state index contributed by atoms with van der Waals surface area (Å²) in [5.41, 5.74) is -0.912. The second kappa shape index (κ2) is 10.7. The van der Waals surface area contributed by atoms with Crippen LogP contribution < -0.4 is 0 Å².